The first-order chi connectivity index (χ1) is 11.9. The molecule has 0 aliphatic heterocycles. The van der Waals surface area contributed by atoms with E-state index in [0.29, 0.717) is 16.8 Å². The number of aryl methyl sites for hydroxylation is 1. The molecule has 0 aliphatic rings. The second-order valence-electron chi connectivity index (χ2n) is 5.32. The minimum atomic E-state index is -0.497. The molecule has 0 heterocycles. The summed E-state index contributed by atoms with van der Waals surface area (Å²) in [5.74, 6) is -0.611. The number of amides is 2. The third kappa shape index (κ3) is 5.39. The zero-order valence-corrected chi connectivity index (χ0v) is 15.0. The van der Waals surface area contributed by atoms with Crippen molar-refractivity contribution in [3.8, 4) is 0 Å². The Morgan fingerprint density at radius 1 is 1.16 bits per heavy atom. The monoisotopic (exact) mass is 405 g/mol. The van der Waals surface area contributed by atoms with Gasteiger partial charge >= 0.3 is 0 Å². The molecule has 0 saturated carbocycles. The van der Waals surface area contributed by atoms with Crippen molar-refractivity contribution in [3.63, 3.8) is 0 Å². The van der Waals surface area contributed by atoms with Gasteiger partial charge in [-0.1, -0.05) is 22.0 Å². The van der Waals surface area contributed by atoms with Crippen LogP contribution < -0.4 is 10.6 Å². The number of nitro groups is 1. The number of nitrogens with one attached hydrogen (secondary N) is 2. The maximum Gasteiger partial charge on any atom is 0.274 e. The number of rotatable bonds is 6. The number of anilines is 1. The lowest BCUT2D eigenvalue weighted by atomic mass is 10.2. The fourth-order valence-electron chi connectivity index (χ4n) is 2.10. The van der Waals surface area contributed by atoms with E-state index in [0.717, 1.165) is 4.47 Å². The van der Waals surface area contributed by atoms with E-state index in [1.807, 2.05) is 0 Å². The largest absolute Gasteiger partial charge is 0.352 e. The summed E-state index contributed by atoms with van der Waals surface area (Å²) in [7, 11) is 0. The molecule has 2 aromatic rings. The van der Waals surface area contributed by atoms with Gasteiger partial charge in [-0.05, 0) is 37.3 Å². The quantitative estimate of drug-likeness (QED) is 0.567. The van der Waals surface area contributed by atoms with Crippen LogP contribution in [-0.4, -0.2) is 23.3 Å². The predicted octanol–water partition coefficient (Wildman–Crippen LogP) is 3.42. The Kier molecular flexibility index (Phi) is 6.24. The van der Waals surface area contributed by atoms with Gasteiger partial charge in [0.05, 0.1) is 4.92 Å². The lowest BCUT2D eigenvalue weighted by Gasteiger charge is -2.07. The Hall–Kier alpha value is -2.74. The third-order valence-electron chi connectivity index (χ3n) is 3.43. The molecule has 0 fully saturated rings. The second-order valence-corrected chi connectivity index (χ2v) is 6.24. The fourth-order valence-corrected chi connectivity index (χ4v) is 2.36. The zero-order chi connectivity index (χ0) is 18.4. The van der Waals surface area contributed by atoms with E-state index in [-0.39, 0.29) is 30.5 Å². The SMILES string of the molecule is Cc1ccc(NC(=O)CCNC(=O)c2ccc(Br)cc2)cc1[N+](=O)[O-]. The summed E-state index contributed by atoms with van der Waals surface area (Å²) in [5.41, 5.74) is 1.31. The van der Waals surface area contributed by atoms with Gasteiger partial charge in [-0.3, -0.25) is 19.7 Å². The first-order valence-corrected chi connectivity index (χ1v) is 8.25. The molecule has 0 spiro atoms. The highest BCUT2D eigenvalue weighted by Crippen LogP contribution is 2.22. The number of hydrogen-bond donors (Lipinski definition) is 2. The van der Waals surface area contributed by atoms with Gasteiger partial charge in [0.25, 0.3) is 11.6 Å². The van der Waals surface area contributed by atoms with Crippen molar-refractivity contribution in [3.05, 3.63) is 68.2 Å². The van der Waals surface area contributed by atoms with Crippen LogP contribution in [0, 0.1) is 17.0 Å². The van der Waals surface area contributed by atoms with Gasteiger partial charge < -0.3 is 10.6 Å². The van der Waals surface area contributed by atoms with Crippen molar-refractivity contribution < 1.29 is 14.5 Å². The van der Waals surface area contributed by atoms with E-state index in [1.165, 1.54) is 6.07 Å². The molecule has 0 bridgehead atoms. The van der Waals surface area contributed by atoms with Crippen LogP contribution in [-0.2, 0) is 4.79 Å². The summed E-state index contributed by atoms with van der Waals surface area (Å²) in [4.78, 5) is 34.2. The van der Waals surface area contributed by atoms with Crippen molar-refractivity contribution in [2.75, 3.05) is 11.9 Å². The normalized spacial score (nSPS) is 10.2. The van der Waals surface area contributed by atoms with Crippen LogP contribution in [0.1, 0.15) is 22.3 Å². The number of carbonyl (C=O) groups is 2. The van der Waals surface area contributed by atoms with Gasteiger partial charge in [0.15, 0.2) is 0 Å². The summed E-state index contributed by atoms with van der Waals surface area (Å²) in [6, 6.07) is 11.3. The van der Waals surface area contributed by atoms with Crippen molar-refractivity contribution in [2.24, 2.45) is 0 Å². The van der Waals surface area contributed by atoms with E-state index < -0.39 is 4.92 Å². The molecular weight excluding hydrogens is 390 g/mol. The minimum Gasteiger partial charge on any atom is -0.352 e. The van der Waals surface area contributed by atoms with Crippen molar-refractivity contribution in [2.45, 2.75) is 13.3 Å². The fraction of sp³-hybridized carbons (Fsp3) is 0.176. The zero-order valence-electron chi connectivity index (χ0n) is 13.4. The van der Waals surface area contributed by atoms with Gasteiger partial charge in [-0.15, -0.1) is 0 Å². The van der Waals surface area contributed by atoms with Crippen LogP contribution in [0.2, 0.25) is 0 Å². The molecule has 130 valence electrons. The number of nitrogens with zero attached hydrogens (tertiary/aromatic N) is 1. The van der Waals surface area contributed by atoms with Crippen LogP contribution in [0.4, 0.5) is 11.4 Å². The molecule has 0 aliphatic carbocycles. The first kappa shape index (κ1) is 18.6. The molecule has 0 aromatic heterocycles. The van der Waals surface area contributed by atoms with Gasteiger partial charge in [-0.25, -0.2) is 0 Å². The van der Waals surface area contributed by atoms with Gasteiger partial charge in [-0.2, -0.15) is 0 Å². The number of benzene rings is 2. The van der Waals surface area contributed by atoms with Crippen molar-refractivity contribution in [1.29, 1.82) is 0 Å². The van der Waals surface area contributed by atoms with Gasteiger partial charge in [0.2, 0.25) is 5.91 Å². The Bertz CT molecular complexity index is 806. The Labute approximate surface area is 152 Å². The number of hydrogen-bond acceptors (Lipinski definition) is 4. The third-order valence-corrected chi connectivity index (χ3v) is 3.96. The Morgan fingerprint density at radius 3 is 2.48 bits per heavy atom. The molecule has 2 N–H and O–H groups in total. The summed E-state index contributed by atoms with van der Waals surface area (Å²) < 4.78 is 0.871. The maximum atomic E-state index is 11.9. The molecule has 0 atom stereocenters. The molecule has 2 amide bonds. The van der Waals surface area contributed by atoms with Crippen molar-refractivity contribution >= 4 is 39.1 Å². The van der Waals surface area contributed by atoms with Crippen LogP contribution in [0.3, 0.4) is 0 Å². The van der Waals surface area contributed by atoms with E-state index in [9.17, 15) is 19.7 Å². The highest BCUT2D eigenvalue weighted by atomic mass is 79.9. The number of halogens is 1. The summed E-state index contributed by atoms with van der Waals surface area (Å²) in [6.45, 7) is 1.79. The van der Waals surface area contributed by atoms with E-state index in [4.69, 9.17) is 0 Å². The summed E-state index contributed by atoms with van der Waals surface area (Å²) in [5, 5.41) is 16.1. The van der Waals surface area contributed by atoms with E-state index in [1.54, 1.807) is 43.3 Å². The van der Waals surface area contributed by atoms with E-state index >= 15 is 0 Å². The highest BCUT2D eigenvalue weighted by Gasteiger charge is 2.12. The average molecular weight is 406 g/mol. The molecule has 0 radical (unpaired) electrons. The van der Waals surface area contributed by atoms with Gasteiger partial charge in [0, 0.05) is 40.3 Å². The van der Waals surface area contributed by atoms with Crippen LogP contribution in [0.25, 0.3) is 0 Å². The average Bonchev–Trinajstić information content (AvgIpc) is 2.57. The molecule has 2 rings (SSSR count). The van der Waals surface area contributed by atoms with E-state index in [2.05, 4.69) is 26.6 Å². The number of nitro benzene ring substituents is 1. The molecule has 7 nitrogen and oxygen atoms in total. The molecule has 0 unspecified atom stereocenters. The predicted molar refractivity (Wildman–Crippen MR) is 97.6 cm³/mol. The summed E-state index contributed by atoms with van der Waals surface area (Å²) in [6.07, 6.45) is 0.0595. The molecular formula is C17H16BrN3O4. The Morgan fingerprint density at radius 2 is 1.84 bits per heavy atom. The topological polar surface area (TPSA) is 101 Å². The smallest absolute Gasteiger partial charge is 0.274 e. The lowest BCUT2D eigenvalue weighted by molar-refractivity contribution is -0.385. The maximum absolute atomic E-state index is 11.9. The molecule has 0 saturated heterocycles. The van der Waals surface area contributed by atoms with Gasteiger partial charge in [0.1, 0.15) is 0 Å². The molecule has 8 heteroatoms. The number of carbonyl (C=O) groups excluding carboxylic acids is 2. The molecule has 25 heavy (non-hydrogen) atoms. The lowest BCUT2D eigenvalue weighted by Crippen LogP contribution is -2.27. The minimum absolute atomic E-state index is 0.0543. The standard InChI is InChI=1S/C17H16BrN3O4/c1-11-2-7-14(10-15(11)21(24)25)20-16(22)8-9-19-17(23)12-3-5-13(18)6-4-12/h2-7,10H,8-9H2,1H3,(H,19,23)(H,20,22). The van der Waals surface area contributed by atoms with Crippen LogP contribution >= 0.6 is 15.9 Å². The second kappa shape index (κ2) is 8.39. The Balaban J connectivity index is 1.85. The van der Waals surface area contributed by atoms with Crippen molar-refractivity contribution in [1.82, 2.24) is 5.32 Å². The highest BCUT2D eigenvalue weighted by molar-refractivity contribution is 9.10. The molecule has 2 aromatic carbocycles. The van der Waals surface area contributed by atoms with Crippen LogP contribution in [0.15, 0.2) is 46.9 Å². The van der Waals surface area contributed by atoms with Crippen LogP contribution in [0.5, 0.6) is 0 Å². The summed E-state index contributed by atoms with van der Waals surface area (Å²) >= 11 is 3.29. The first-order valence-electron chi connectivity index (χ1n) is 7.45.